The summed E-state index contributed by atoms with van der Waals surface area (Å²) in [5, 5.41) is 25.8. The first-order chi connectivity index (χ1) is 9.67. The number of carbonyl (C=O) groups is 2. The fraction of sp³-hybridized carbons (Fsp3) is 0.182. The summed E-state index contributed by atoms with van der Waals surface area (Å²) >= 11 is 5.73. The largest absolute Gasteiger partial charge is 0.481 e. The van der Waals surface area contributed by atoms with Crippen LogP contribution in [0.15, 0.2) is 23.1 Å². The van der Waals surface area contributed by atoms with Gasteiger partial charge >= 0.3 is 11.9 Å². The average Bonchev–Trinajstić information content (AvgIpc) is 2.36. The van der Waals surface area contributed by atoms with Gasteiger partial charge in [0.25, 0.3) is 0 Å². The van der Waals surface area contributed by atoms with Crippen LogP contribution in [-0.4, -0.2) is 36.6 Å². The van der Waals surface area contributed by atoms with Crippen LogP contribution in [0, 0.1) is 11.3 Å². The van der Waals surface area contributed by atoms with Gasteiger partial charge in [0.2, 0.25) is 10.0 Å². The third kappa shape index (κ3) is 4.42. The zero-order valence-electron chi connectivity index (χ0n) is 10.3. The lowest BCUT2D eigenvalue weighted by Crippen LogP contribution is -2.42. The number of hydrogen-bond donors (Lipinski definition) is 3. The van der Waals surface area contributed by atoms with E-state index in [4.69, 9.17) is 27.1 Å². The molecule has 0 saturated heterocycles. The Bertz CT molecular complexity index is 725. The van der Waals surface area contributed by atoms with Crippen LogP contribution in [0.4, 0.5) is 0 Å². The molecule has 1 aromatic rings. The van der Waals surface area contributed by atoms with Gasteiger partial charge in [-0.25, -0.2) is 8.42 Å². The fourth-order valence-corrected chi connectivity index (χ4v) is 3.13. The Morgan fingerprint density at radius 1 is 1.38 bits per heavy atom. The van der Waals surface area contributed by atoms with Gasteiger partial charge in [-0.3, -0.25) is 9.59 Å². The van der Waals surface area contributed by atoms with Gasteiger partial charge in [-0.15, -0.1) is 0 Å². The van der Waals surface area contributed by atoms with Gasteiger partial charge in [0, 0.05) is 0 Å². The first-order valence-electron chi connectivity index (χ1n) is 5.34. The Balaban J connectivity index is 3.13. The molecular weight excluding hydrogens is 324 g/mol. The van der Waals surface area contributed by atoms with E-state index in [2.05, 4.69) is 0 Å². The summed E-state index contributed by atoms with van der Waals surface area (Å²) in [5.41, 5.74) is 0.124. The molecule has 0 fully saturated rings. The molecule has 8 nitrogen and oxygen atoms in total. The second-order valence-electron chi connectivity index (χ2n) is 3.87. The molecular formula is C11H9ClN2O6S. The molecule has 1 atom stereocenters. The number of benzene rings is 1. The highest BCUT2D eigenvalue weighted by Crippen LogP contribution is 2.22. The molecule has 0 radical (unpaired) electrons. The molecule has 0 aliphatic heterocycles. The summed E-state index contributed by atoms with van der Waals surface area (Å²) in [5.74, 6) is -3.11. The predicted octanol–water partition coefficient (Wildman–Crippen LogP) is 0.418. The van der Waals surface area contributed by atoms with E-state index in [1.165, 1.54) is 6.07 Å². The maximum Gasteiger partial charge on any atom is 0.322 e. The Hall–Kier alpha value is -2.15. The average molecular weight is 333 g/mol. The lowest BCUT2D eigenvalue weighted by Gasteiger charge is -2.13. The predicted molar refractivity (Wildman–Crippen MR) is 70.2 cm³/mol. The van der Waals surface area contributed by atoms with Crippen LogP contribution >= 0.6 is 11.6 Å². The van der Waals surface area contributed by atoms with E-state index in [9.17, 15) is 18.0 Å². The van der Waals surface area contributed by atoms with Crippen LogP contribution in [0.3, 0.4) is 0 Å². The number of halogens is 1. The van der Waals surface area contributed by atoms with Gasteiger partial charge in [0.1, 0.15) is 10.9 Å². The maximum atomic E-state index is 12.0. The van der Waals surface area contributed by atoms with Gasteiger partial charge < -0.3 is 10.2 Å². The first kappa shape index (κ1) is 16.9. The Morgan fingerprint density at radius 3 is 2.43 bits per heavy atom. The lowest BCUT2D eigenvalue weighted by atomic mass is 10.2. The number of aliphatic carboxylic acids is 2. The van der Waals surface area contributed by atoms with Crippen LogP contribution in [0.1, 0.15) is 12.0 Å². The SMILES string of the molecule is N#Cc1ccc(S(=O)(=O)N[C@@H](CC(=O)O)C(=O)O)c(Cl)c1. The highest BCUT2D eigenvalue weighted by Gasteiger charge is 2.28. The van der Waals surface area contributed by atoms with Gasteiger partial charge in [-0.05, 0) is 18.2 Å². The molecule has 0 aliphatic carbocycles. The molecule has 0 saturated carbocycles. The molecule has 3 N–H and O–H groups in total. The first-order valence-corrected chi connectivity index (χ1v) is 7.20. The van der Waals surface area contributed by atoms with Crippen molar-refractivity contribution >= 4 is 33.6 Å². The maximum absolute atomic E-state index is 12.0. The molecule has 0 bridgehead atoms. The third-order valence-electron chi connectivity index (χ3n) is 2.32. The van der Waals surface area contributed by atoms with Crippen molar-refractivity contribution in [3.63, 3.8) is 0 Å². The molecule has 112 valence electrons. The van der Waals surface area contributed by atoms with E-state index in [0.717, 1.165) is 12.1 Å². The van der Waals surface area contributed by atoms with E-state index < -0.39 is 39.3 Å². The molecule has 0 heterocycles. The van der Waals surface area contributed by atoms with Crippen molar-refractivity contribution in [2.75, 3.05) is 0 Å². The number of nitrogens with one attached hydrogen (secondary N) is 1. The number of sulfonamides is 1. The van der Waals surface area contributed by atoms with E-state index in [1.807, 2.05) is 0 Å². The highest BCUT2D eigenvalue weighted by atomic mass is 35.5. The van der Waals surface area contributed by atoms with E-state index in [0.29, 0.717) is 0 Å². The van der Waals surface area contributed by atoms with E-state index >= 15 is 0 Å². The van der Waals surface area contributed by atoms with Crippen molar-refractivity contribution in [1.29, 1.82) is 5.26 Å². The monoisotopic (exact) mass is 332 g/mol. The van der Waals surface area contributed by atoms with Crippen molar-refractivity contribution in [3.8, 4) is 6.07 Å². The summed E-state index contributed by atoms with van der Waals surface area (Å²) in [4.78, 5) is 20.9. The van der Waals surface area contributed by atoms with Crippen molar-refractivity contribution < 1.29 is 28.2 Å². The number of hydrogen-bond acceptors (Lipinski definition) is 5. The summed E-state index contributed by atoms with van der Waals surface area (Å²) in [7, 11) is -4.34. The number of rotatable bonds is 6. The van der Waals surface area contributed by atoms with Crippen molar-refractivity contribution in [2.24, 2.45) is 0 Å². The van der Waals surface area contributed by atoms with Gasteiger partial charge in [0.15, 0.2) is 0 Å². The minimum atomic E-state index is -4.34. The molecule has 0 aliphatic rings. The van der Waals surface area contributed by atoms with Crippen LogP contribution in [0.5, 0.6) is 0 Å². The van der Waals surface area contributed by atoms with Crippen LogP contribution in [0.25, 0.3) is 0 Å². The molecule has 0 amide bonds. The summed E-state index contributed by atoms with van der Waals surface area (Å²) in [6.45, 7) is 0. The van der Waals surface area contributed by atoms with Crippen LogP contribution < -0.4 is 4.72 Å². The standard InChI is InChI=1S/C11H9ClN2O6S/c12-7-3-6(5-13)1-2-9(7)21(19,20)14-8(11(17)18)4-10(15)16/h1-3,8,14H,4H2,(H,15,16)(H,17,18)/t8-/m0/s1. The summed E-state index contributed by atoms with van der Waals surface area (Å²) in [6.07, 6.45) is -0.928. The van der Waals surface area contributed by atoms with Crippen LogP contribution in [-0.2, 0) is 19.6 Å². The Kier molecular flexibility index (Phi) is 5.26. The minimum absolute atomic E-state index is 0.124. The van der Waals surface area contributed by atoms with Gasteiger partial charge in [-0.2, -0.15) is 9.98 Å². The molecule has 1 rings (SSSR count). The molecule has 10 heteroatoms. The fourth-order valence-electron chi connectivity index (χ4n) is 1.39. The van der Waals surface area contributed by atoms with Gasteiger partial charge in [0.05, 0.1) is 23.1 Å². The third-order valence-corrected chi connectivity index (χ3v) is 4.28. The Morgan fingerprint density at radius 2 is 2.00 bits per heavy atom. The van der Waals surface area contributed by atoms with Crippen molar-refractivity contribution in [2.45, 2.75) is 17.4 Å². The number of carboxylic acid groups (broad SMARTS) is 2. The molecule has 0 aromatic heterocycles. The number of nitrogens with zero attached hydrogens (tertiary/aromatic N) is 1. The highest BCUT2D eigenvalue weighted by molar-refractivity contribution is 7.89. The van der Waals surface area contributed by atoms with Gasteiger partial charge in [-0.1, -0.05) is 11.6 Å². The molecule has 21 heavy (non-hydrogen) atoms. The Labute approximate surface area is 124 Å². The summed E-state index contributed by atoms with van der Waals surface area (Å²) < 4.78 is 25.8. The second-order valence-corrected chi connectivity index (χ2v) is 5.96. The zero-order valence-corrected chi connectivity index (χ0v) is 11.8. The number of carboxylic acids is 2. The smallest absolute Gasteiger partial charge is 0.322 e. The van der Waals surface area contributed by atoms with E-state index in [1.54, 1.807) is 10.8 Å². The minimum Gasteiger partial charge on any atom is -0.481 e. The topological polar surface area (TPSA) is 145 Å². The molecule has 0 unspecified atom stereocenters. The molecule has 0 spiro atoms. The van der Waals surface area contributed by atoms with E-state index in [-0.39, 0.29) is 10.6 Å². The van der Waals surface area contributed by atoms with Crippen LogP contribution in [0.2, 0.25) is 5.02 Å². The van der Waals surface area contributed by atoms with Crippen molar-refractivity contribution in [1.82, 2.24) is 4.72 Å². The lowest BCUT2D eigenvalue weighted by molar-refractivity contribution is -0.145. The normalized spacial score (nSPS) is 12.4. The van der Waals surface area contributed by atoms with Crippen molar-refractivity contribution in [3.05, 3.63) is 28.8 Å². The second kappa shape index (κ2) is 6.53. The molecule has 1 aromatic carbocycles. The quantitative estimate of drug-likeness (QED) is 0.684. The zero-order chi connectivity index (χ0) is 16.2. The summed E-state index contributed by atoms with van der Waals surface area (Å²) in [6, 6.07) is 3.24. The number of nitriles is 1.